The minimum atomic E-state index is 0.405. The zero-order chi connectivity index (χ0) is 10.3. The SMILES string of the molecule is Cc1ccc(C2(C)CCS2)c(C)c1C. The van der Waals surface area contributed by atoms with Crippen molar-refractivity contribution in [3.63, 3.8) is 0 Å². The lowest BCUT2D eigenvalue weighted by atomic mass is 9.88. The predicted octanol–water partition coefficient (Wildman–Crippen LogP) is 3.96. The van der Waals surface area contributed by atoms with Crippen LogP contribution in [0, 0.1) is 20.8 Å². The summed E-state index contributed by atoms with van der Waals surface area (Å²) in [5, 5.41) is 0. The third kappa shape index (κ3) is 1.38. The summed E-state index contributed by atoms with van der Waals surface area (Å²) in [4.78, 5) is 0. The Morgan fingerprint density at radius 3 is 2.29 bits per heavy atom. The van der Waals surface area contributed by atoms with Gasteiger partial charge in [-0.1, -0.05) is 12.1 Å². The molecule has 1 unspecified atom stereocenters. The summed E-state index contributed by atoms with van der Waals surface area (Å²) in [5.41, 5.74) is 5.94. The van der Waals surface area contributed by atoms with Crippen LogP contribution in [0.4, 0.5) is 0 Å². The molecule has 0 amide bonds. The Kier molecular flexibility index (Phi) is 2.38. The van der Waals surface area contributed by atoms with E-state index in [1.807, 2.05) is 0 Å². The zero-order valence-electron chi connectivity index (χ0n) is 9.48. The largest absolute Gasteiger partial charge is 0.151 e. The molecule has 0 aliphatic carbocycles. The van der Waals surface area contributed by atoms with Crippen molar-refractivity contribution in [3.8, 4) is 0 Å². The maximum atomic E-state index is 2.37. The molecule has 1 aromatic rings. The van der Waals surface area contributed by atoms with E-state index < -0.39 is 0 Å². The summed E-state index contributed by atoms with van der Waals surface area (Å²) in [6, 6.07) is 4.59. The molecule has 1 aliphatic rings. The molecule has 0 saturated carbocycles. The molecule has 14 heavy (non-hydrogen) atoms. The Balaban J connectivity index is 2.49. The highest BCUT2D eigenvalue weighted by atomic mass is 32.2. The van der Waals surface area contributed by atoms with Gasteiger partial charge in [0.1, 0.15) is 0 Å². The van der Waals surface area contributed by atoms with Crippen LogP contribution in [0.5, 0.6) is 0 Å². The van der Waals surface area contributed by atoms with Crippen LogP contribution >= 0.6 is 11.8 Å². The second kappa shape index (κ2) is 3.30. The van der Waals surface area contributed by atoms with Crippen LogP contribution in [-0.2, 0) is 4.75 Å². The number of hydrogen-bond donors (Lipinski definition) is 0. The lowest BCUT2D eigenvalue weighted by Gasteiger charge is -2.39. The standard InChI is InChI=1S/C13H18S/c1-9-5-6-12(11(3)10(9)2)13(4)7-8-14-13/h5-6H,7-8H2,1-4H3. The smallest absolute Gasteiger partial charge is 0.0390 e. The molecule has 1 saturated heterocycles. The van der Waals surface area contributed by atoms with Gasteiger partial charge in [-0.15, -0.1) is 0 Å². The van der Waals surface area contributed by atoms with E-state index in [0.717, 1.165) is 0 Å². The second-order valence-corrected chi connectivity index (χ2v) is 6.11. The molecule has 1 heteroatoms. The first-order valence-corrected chi connectivity index (χ1v) is 6.24. The van der Waals surface area contributed by atoms with E-state index in [-0.39, 0.29) is 0 Å². The molecule has 0 radical (unpaired) electrons. The van der Waals surface area contributed by atoms with Crippen molar-refractivity contribution in [3.05, 3.63) is 34.4 Å². The maximum Gasteiger partial charge on any atom is 0.0390 e. The van der Waals surface area contributed by atoms with E-state index in [0.29, 0.717) is 4.75 Å². The van der Waals surface area contributed by atoms with Crippen molar-refractivity contribution in [2.75, 3.05) is 5.75 Å². The normalized spacial score (nSPS) is 26.0. The van der Waals surface area contributed by atoms with Crippen LogP contribution in [0.15, 0.2) is 12.1 Å². The number of benzene rings is 1. The lowest BCUT2D eigenvalue weighted by Crippen LogP contribution is -2.29. The Hall–Kier alpha value is -0.430. The maximum absolute atomic E-state index is 2.37. The molecule has 0 nitrogen and oxygen atoms in total. The summed E-state index contributed by atoms with van der Waals surface area (Å²) in [6.45, 7) is 9.07. The first kappa shape index (κ1) is 10.1. The van der Waals surface area contributed by atoms with Crippen molar-refractivity contribution < 1.29 is 0 Å². The minimum Gasteiger partial charge on any atom is -0.151 e. The Labute approximate surface area is 91.1 Å². The lowest BCUT2D eigenvalue weighted by molar-refractivity contribution is 0.621. The fraction of sp³-hybridized carbons (Fsp3) is 0.538. The fourth-order valence-electron chi connectivity index (χ4n) is 2.15. The van der Waals surface area contributed by atoms with E-state index in [2.05, 4.69) is 51.6 Å². The third-order valence-electron chi connectivity index (χ3n) is 3.63. The Bertz CT molecular complexity index is 362. The average Bonchev–Trinajstić information content (AvgIpc) is 2.11. The first-order chi connectivity index (χ1) is 6.54. The van der Waals surface area contributed by atoms with E-state index in [4.69, 9.17) is 0 Å². The van der Waals surface area contributed by atoms with E-state index >= 15 is 0 Å². The van der Waals surface area contributed by atoms with Crippen LogP contribution in [0.25, 0.3) is 0 Å². The van der Waals surface area contributed by atoms with Gasteiger partial charge in [-0.05, 0) is 62.1 Å². The highest BCUT2D eigenvalue weighted by molar-refractivity contribution is 8.01. The molecular weight excluding hydrogens is 188 g/mol. The summed E-state index contributed by atoms with van der Waals surface area (Å²) < 4.78 is 0.405. The van der Waals surface area contributed by atoms with Crippen LogP contribution in [-0.4, -0.2) is 5.75 Å². The van der Waals surface area contributed by atoms with Gasteiger partial charge in [-0.25, -0.2) is 0 Å². The average molecular weight is 206 g/mol. The Morgan fingerprint density at radius 2 is 1.79 bits per heavy atom. The molecular formula is C13H18S. The van der Waals surface area contributed by atoms with Crippen molar-refractivity contribution >= 4 is 11.8 Å². The monoisotopic (exact) mass is 206 g/mol. The summed E-state index contributed by atoms with van der Waals surface area (Å²) in [5.74, 6) is 1.32. The highest BCUT2D eigenvalue weighted by Crippen LogP contribution is 2.50. The van der Waals surface area contributed by atoms with E-state index in [9.17, 15) is 0 Å². The molecule has 2 rings (SSSR count). The van der Waals surface area contributed by atoms with Gasteiger partial charge in [0.05, 0.1) is 0 Å². The molecule has 1 aromatic carbocycles. The molecule has 0 aromatic heterocycles. The molecule has 76 valence electrons. The van der Waals surface area contributed by atoms with Crippen molar-refractivity contribution in [1.82, 2.24) is 0 Å². The number of thioether (sulfide) groups is 1. The van der Waals surface area contributed by atoms with Gasteiger partial charge in [0.15, 0.2) is 0 Å². The molecule has 1 atom stereocenters. The molecule has 0 bridgehead atoms. The Morgan fingerprint density at radius 1 is 1.14 bits per heavy atom. The van der Waals surface area contributed by atoms with Gasteiger partial charge in [0.2, 0.25) is 0 Å². The van der Waals surface area contributed by atoms with Gasteiger partial charge in [0.25, 0.3) is 0 Å². The number of hydrogen-bond acceptors (Lipinski definition) is 1. The second-order valence-electron chi connectivity index (χ2n) is 4.51. The van der Waals surface area contributed by atoms with Crippen molar-refractivity contribution in [2.24, 2.45) is 0 Å². The van der Waals surface area contributed by atoms with Gasteiger partial charge < -0.3 is 0 Å². The summed E-state index contributed by atoms with van der Waals surface area (Å²) in [7, 11) is 0. The molecule has 0 spiro atoms. The minimum absolute atomic E-state index is 0.405. The van der Waals surface area contributed by atoms with Gasteiger partial charge in [-0.3, -0.25) is 0 Å². The van der Waals surface area contributed by atoms with E-state index in [1.165, 1.54) is 28.9 Å². The fourth-order valence-corrected chi connectivity index (χ4v) is 3.34. The van der Waals surface area contributed by atoms with Crippen LogP contribution in [0.2, 0.25) is 0 Å². The van der Waals surface area contributed by atoms with Crippen molar-refractivity contribution in [1.29, 1.82) is 0 Å². The summed E-state index contributed by atoms with van der Waals surface area (Å²) in [6.07, 6.45) is 1.33. The van der Waals surface area contributed by atoms with Crippen LogP contribution in [0.1, 0.15) is 35.6 Å². The van der Waals surface area contributed by atoms with Gasteiger partial charge in [0, 0.05) is 4.75 Å². The van der Waals surface area contributed by atoms with Gasteiger partial charge in [-0.2, -0.15) is 11.8 Å². The van der Waals surface area contributed by atoms with Crippen LogP contribution in [0.3, 0.4) is 0 Å². The number of aryl methyl sites for hydroxylation is 1. The first-order valence-electron chi connectivity index (χ1n) is 5.26. The molecule has 1 aliphatic heterocycles. The third-order valence-corrected chi connectivity index (χ3v) is 5.10. The molecule has 1 fully saturated rings. The topological polar surface area (TPSA) is 0 Å². The van der Waals surface area contributed by atoms with Gasteiger partial charge >= 0.3 is 0 Å². The van der Waals surface area contributed by atoms with E-state index in [1.54, 1.807) is 5.56 Å². The summed E-state index contributed by atoms with van der Waals surface area (Å²) >= 11 is 2.09. The van der Waals surface area contributed by atoms with Crippen molar-refractivity contribution in [2.45, 2.75) is 38.9 Å². The molecule has 1 heterocycles. The number of rotatable bonds is 1. The zero-order valence-corrected chi connectivity index (χ0v) is 10.3. The molecule has 0 N–H and O–H groups in total. The quantitative estimate of drug-likeness (QED) is 0.670. The predicted molar refractivity (Wildman–Crippen MR) is 65.1 cm³/mol. The highest BCUT2D eigenvalue weighted by Gasteiger charge is 2.35. The van der Waals surface area contributed by atoms with Crippen LogP contribution < -0.4 is 0 Å².